The van der Waals surface area contributed by atoms with Gasteiger partial charge in [-0.15, -0.1) is 0 Å². The van der Waals surface area contributed by atoms with Crippen LogP contribution in [0.2, 0.25) is 0 Å². The first-order chi connectivity index (χ1) is 8.08. The zero-order valence-electron chi connectivity index (χ0n) is 10.3. The molecule has 0 amide bonds. The van der Waals surface area contributed by atoms with Crippen molar-refractivity contribution in [3.63, 3.8) is 0 Å². The number of rotatable bonds is 5. The summed E-state index contributed by atoms with van der Waals surface area (Å²) in [6.45, 7) is 0.592. The highest BCUT2D eigenvalue weighted by atomic mass is 79.9. The topological polar surface area (TPSA) is 44.5 Å². The van der Waals surface area contributed by atoms with Gasteiger partial charge in [-0.05, 0) is 58.5 Å². The fourth-order valence-electron chi connectivity index (χ4n) is 1.96. The Morgan fingerprint density at radius 1 is 1.29 bits per heavy atom. The molecule has 2 N–H and O–H groups in total. The Labute approximate surface area is 110 Å². The van der Waals surface area contributed by atoms with Gasteiger partial charge in [-0.2, -0.15) is 0 Å². The number of benzene rings is 1. The van der Waals surface area contributed by atoms with E-state index >= 15 is 0 Å². The molecule has 17 heavy (non-hydrogen) atoms. The van der Waals surface area contributed by atoms with E-state index in [9.17, 15) is 0 Å². The highest BCUT2D eigenvalue weighted by molar-refractivity contribution is 9.10. The molecular formula is C13H18BrNO2. The zero-order valence-corrected chi connectivity index (χ0v) is 11.8. The maximum Gasteiger partial charge on any atom is 0.133 e. The summed E-state index contributed by atoms with van der Waals surface area (Å²) in [5.41, 5.74) is 8.59. The summed E-state index contributed by atoms with van der Waals surface area (Å²) >= 11 is 3.51. The van der Waals surface area contributed by atoms with Crippen LogP contribution in [0, 0.1) is 0 Å². The molecule has 1 aliphatic carbocycles. The van der Waals surface area contributed by atoms with E-state index in [-0.39, 0.29) is 5.54 Å². The van der Waals surface area contributed by atoms with Gasteiger partial charge in [0.2, 0.25) is 0 Å². The molecule has 0 radical (unpaired) electrons. The minimum Gasteiger partial charge on any atom is -0.496 e. The van der Waals surface area contributed by atoms with E-state index in [1.165, 1.54) is 5.56 Å². The summed E-state index contributed by atoms with van der Waals surface area (Å²) in [5.74, 6) is 0.836. The fourth-order valence-corrected chi connectivity index (χ4v) is 2.52. The predicted molar refractivity (Wildman–Crippen MR) is 71.3 cm³/mol. The van der Waals surface area contributed by atoms with E-state index in [0.717, 1.165) is 35.0 Å². The molecule has 0 saturated heterocycles. The second-order valence-corrected chi connectivity index (χ2v) is 5.58. The number of hydrogen-bond donors (Lipinski definition) is 1. The lowest BCUT2D eigenvalue weighted by Crippen LogP contribution is -2.25. The highest BCUT2D eigenvalue weighted by Crippen LogP contribution is 2.38. The molecule has 0 unspecified atom stereocenters. The van der Waals surface area contributed by atoms with Gasteiger partial charge in [0.05, 0.1) is 18.2 Å². The Morgan fingerprint density at radius 3 is 2.53 bits per heavy atom. The molecule has 1 fully saturated rings. The van der Waals surface area contributed by atoms with Crippen molar-refractivity contribution < 1.29 is 9.47 Å². The number of methoxy groups -OCH3 is 2. The van der Waals surface area contributed by atoms with Crippen molar-refractivity contribution in [2.24, 2.45) is 5.73 Å². The summed E-state index contributed by atoms with van der Waals surface area (Å²) in [4.78, 5) is 0. The van der Waals surface area contributed by atoms with Gasteiger partial charge in [-0.3, -0.25) is 0 Å². The third-order valence-electron chi connectivity index (χ3n) is 3.21. The highest BCUT2D eigenvalue weighted by Gasteiger charge is 2.38. The van der Waals surface area contributed by atoms with Gasteiger partial charge in [-0.1, -0.05) is 0 Å². The molecule has 2 rings (SSSR count). The van der Waals surface area contributed by atoms with Crippen LogP contribution < -0.4 is 10.5 Å². The van der Waals surface area contributed by atoms with Gasteiger partial charge >= 0.3 is 0 Å². The average molecular weight is 300 g/mol. The van der Waals surface area contributed by atoms with E-state index in [2.05, 4.69) is 22.0 Å². The van der Waals surface area contributed by atoms with Crippen molar-refractivity contribution in [2.45, 2.75) is 31.4 Å². The van der Waals surface area contributed by atoms with Gasteiger partial charge in [0.15, 0.2) is 0 Å². The van der Waals surface area contributed by atoms with Gasteiger partial charge in [-0.25, -0.2) is 0 Å². The van der Waals surface area contributed by atoms with Crippen molar-refractivity contribution in [2.75, 3.05) is 14.2 Å². The van der Waals surface area contributed by atoms with Crippen LogP contribution in [0.25, 0.3) is 0 Å². The Morgan fingerprint density at radius 2 is 2.00 bits per heavy atom. The minimum absolute atomic E-state index is 0.0104. The van der Waals surface area contributed by atoms with Crippen LogP contribution in [-0.4, -0.2) is 19.8 Å². The summed E-state index contributed by atoms with van der Waals surface area (Å²) in [6.07, 6.45) is 3.14. The van der Waals surface area contributed by atoms with Gasteiger partial charge in [0, 0.05) is 12.6 Å². The van der Waals surface area contributed by atoms with Crippen LogP contribution in [0.4, 0.5) is 0 Å². The van der Waals surface area contributed by atoms with Crippen molar-refractivity contribution in [3.05, 3.63) is 27.7 Å². The Hall–Kier alpha value is -0.580. The van der Waals surface area contributed by atoms with Gasteiger partial charge < -0.3 is 15.2 Å². The largest absolute Gasteiger partial charge is 0.496 e. The molecule has 94 valence electrons. The van der Waals surface area contributed by atoms with Crippen molar-refractivity contribution in [3.8, 4) is 5.75 Å². The summed E-state index contributed by atoms with van der Waals surface area (Å²) in [6, 6.07) is 4.12. The van der Waals surface area contributed by atoms with E-state index in [1.807, 2.05) is 6.07 Å². The van der Waals surface area contributed by atoms with E-state index in [1.54, 1.807) is 14.2 Å². The minimum atomic E-state index is 0.0104. The molecular weight excluding hydrogens is 282 g/mol. The van der Waals surface area contributed by atoms with Crippen LogP contribution in [0.1, 0.15) is 24.0 Å². The van der Waals surface area contributed by atoms with E-state index < -0.39 is 0 Å². The first kappa shape index (κ1) is 12.9. The molecule has 0 aliphatic heterocycles. The SMILES string of the molecule is COCc1cc(OC)c(Br)cc1CC1(N)CC1. The Kier molecular flexibility index (Phi) is 3.76. The lowest BCUT2D eigenvalue weighted by atomic mass is 9.99. The third-order valence-corrected chi connectivity index (χ3v) is 3.83. The zero-order chi connectivity index (χ0) is 12.5. The molecule has 0 bridgehead atoms. The molecule has 0 spiro atoms. The first-order valence-electron chi connectivity index (χ1n) is 5.71. The third kappa shape index (κ3) is 3.00. The normalized spacial score (nSPS) is 16.9. The second kappa shape index (κ2) is 4.96. The number of hydrogen-bond acceptors (Lipinski definition) is 3. The standard InChI is InChI=1S/C13H18BrNO2/c1-16-8-10-6-12(17-2)11(14)5-9(10)7-13(15)3-4-13/h5-6H,3-4,7-8,15H2,1-2H3. The molecule has 1 saturated carbocycles. The molecule has 1 aliphatic rings. The summed E-state index contributed by atoms with van der Waals surface area (Å²) in [5, 5.41) is 0. The molecule has 4 heteroatoms. The average Bonchev–Trinajstić information content (AvgIpc) is 3.00. The van der Waals surface area contributed by atoms with Crippen LogP contribution >= 0.6 is 15.9 Å². The van der Waals surface area contributed by atoms with Crippen molar-refractivity contribution >= 4 is 15.9 Å². The van der Waals surface area contributed by atoms with Crippen LogP contribution in [0.15, 0.2) is 16.6 Å². The molecule has 0 aromatic heterocycles. The summed E-state index contributed by atoms with van der Waals surface area (Å²) in [7, 11) is 3.37. The number of halogens is 1. The molecule has 1 aromatic carbocycles. The Balaban J connectivity index is 2.30. The second-order valence-electron chi connectivity index (χ2n) is 4.73. The molecule has 1 aromatic rings. The van der Waals surface area contributed by atoms with E-state index in [0.29, 0.717) is 6.61 Å². The van der Waals surface area contributed by atoms with Crippen LogP contribution in [0.5, 0.6) is 5.75 Å². The quantitative estimate of drug-likeness (QED) is 0.909. The Bertz CT molecular complexity index is 416. The smallest absolute Gasteiger partial charge is 0.133 e. The monoisotopic (exact) mass is 299 g/mol. The summed E-state index contributed by atoms with van der Waals surface area (Å²) < 4.78 is 11.5. The predicted octanol–water partition coefficient (Wildman–Crippen LogP) is 2.64. The van der Waals surface area contributed by atoms with Gasteiger partial charge in [0.25, 0.3) is 0 Å². The van der Waals surface area contributed by atoms with Gasteiger partial charge in [0.1, 0.15) is 5.75 Å². The molecule has 3 nitrogen and oxygen atoms in total. The fraction of sp³-hybridized carbons (Fsp3) is 0.538. The number of ether oxygens (including phenoxy) is 2. The number of nitrogens with two attached hydrogens (primary N) is 1. The van der Waals surface area contributed by atoms with Crippen LogP contribution in [0.3, 0.4) is 0 Å². The van der Waals surface area contributed by atoms with E-state index in [4.69, 9.17) is 15.2 Å². The lowest BCUT2D eigenvalue weighted by Gasteiger charge is -2.15. The van der Waals surface area contributed by atoms with Crippen molar-refractivity contribution in [1.29, 1.82) is 0 Å². The first-order valence-corrected chi connectivity index (χ1v) is 6.50. The molecule has 0 heterocycles. The maximum atomic E-state index is 6.18. The van der Waals surface area contributed by atoms with Crippen molar-refractivity contribution in [1.82, 2.24) is 0 Å². The molecule has 0 atom stereocenters. The van der Waals surface area contributed by atoms with Crippen LogP contribution in [-0.2, 0) is 17.8 Å². The lowest BCUT2D eigenvalue weighted by molar-refractivity contribution is 0.183. The maximum absolute atomic E-state index is 6.18.